The van der Waals surface area contributed by atoms with Gasteiger partial charge >= 0.3 is 0 Å². The van der Waals surface area contributed by atoms with Gasteiger partial charge in [-0.3, -0.25) is 9.59 Å². The first-order valence-electron chi connectivity index (χ1n) is 9.43. The third kappa shape index (κ3) is 4.35. The van der Waals surface area contributed by atoms with Crippen molar-refractivity contribution >= 4 is 57.0 Å². The molecule has 0 bridgehead atoms. The molecule has 4 rings (SSSR count). The summed E-state index contributed by atoms with van der Waals surface area (Å²) in [6.07, 6.45) is 4.03. The highest BCUT2D eigenvalue weighted by atomic mass is 32.2. The number of Topliss-reactive ketones (excluding diaryl/α,β-unsaturated/α-hetero) is 2. The van der Waals surface area contributed by atoms with Crippen molar-refractivity contribution in [3.63, 3.8) is 0 Å². The normalized spacial score (nSPS) is 10.9. The van der Waals surface area contributed by atoms with E-state index in [9.17, 15) is 9.59 Å². The van der Waals surface area contributed by atoms with Gasteiger partial charge in [0.05, 0.1) is 0 Å². The quantitative estimate of drug-likeness (QED) is 0.244. The molecule has 0 atom stereocenters. The van der Waals surface area contributed by atoms with Gasteiger partial charge in [0.25, 0.3) is 0 Å². The van der Waals surface area contributed by atoms with Crippen LogP contribution in [0.2, 0.25) is 0 Å². The molecule has 0 saturated heterocycles. The Bertz CT molecular complexity index is 1150. The Labute approximate surface area is 184 Å². The van der Waals surface area contributed by atoms with E-state index in [-0.39, 0.29) is 11.6 Å². The number of carbonyl (C=O) groups excluding carboxylic acids is 2. The van der Waals surface area contributed by atoms with Crippen molar-refractivity contribution < 1.29 is 18.4 Å². The van der Waals surface area contributed by atoms with Gasteiger partial charge in [0.1, 0.15) is 11.2 Å². The van der Waals surface area contributed by atoms with Gasteiger partial charge in [0.2, 0.25) is 0 Å². The highest BCUT2D eigenvalue weighted by Gasteiger charge is 2.14. The largest absolute Gasteiger partial charge is 0.453 e. The molecule has 2 aromatic carbocycles. The van der Waals surface area contributed by atoms with Crippen LogP contribution in [-0.4, -0.2) is 24.1 Å². The second kappa shape index (κ2) is 9.14. The van der Waals surface area contributed by atoms with Crippen LogP contribution < -0.4 is 0 Å². The molecule has 4 nitrogen and oxygen atoms in total. The predicted molar refractivity (Wildman–Crippen MR) is 125 cm³/mol. The predicted octanol–water partition coefficient (Wildman–Crippen LogP) is 7.33. The number of rotatable bonds is 4. The van der Waals surface area contributed by atoms with Gasteiger partial charge in [0, 0.05) is 45.5 Å². The molecule has 0 radical (unpaired) electrons. The van der Waals surface area contributed by atoms with E-state index in [0.717, 1.165) is 42.9 Å². The maximum atomic E-state index is 11.3. The Kier molecular flexibility index (Phi) is 6.78. The molecule has 0 aliphatic carbocycles. The van der Waals surface area contributed by atoms with E-state index >= 15 is 0 Å². The molecule has 2 heterocycles. The number of aryl methyl sites for hydroxylation is 2. The Morgan fingerprint density at radius 1 is 0.700 bits per heavy atom. The zero-order valence-corrected chi connectivity index (χ0v) is 19.5. The number of carbonyl (C=O) groups is 2. The van der Waals surface area contributed by atoms with Crippen LogP contribution in [0.15, 0.2) is 55.0 Å². The van der Waals surface area contributed by atoms with E-state index in [1.807, 2.05) is 62.8 Å². The zero-order valence-electron chi connectivity index (χ0n) is 17.9. The number of benzene rings is 2. The second-order valence-corrected chi connectivity index (χ2v) is 8.71. The number of fused-ring (bicyclic) bond motifs is 2. The summed E-state index contributed by atoms with van der Waals surface area (Å²) in [6.45, 7) is 6.89. The number of hydrogen-bond donors (Lipinski definition) is 0. The number of thioether (sulfide) groups is 2. The highest BCUT2D eigenvalue weighted by Crippen LogP contribution is 2.30. The Hall–Kier alpha value is -2.44. The van der Waals surface area contributed by atoms with Gasteiger partial charge in [-0.2, -0.15) is 0 Å². The first-order valence-corrected chi connectivity index (χ1v) is 11.9. The van der Waals surface area contributed by atoms with Crippen molar-refractivity contribution in [3.8, 4) is 0 Å². The van der Waals surface area contributed by atoms with E-state index in [1.54, 1.807) is 23.5 Å². The minimum Gasteiger partial charge on any atom is -0.453 e. The first kappa shape index (κ1) is 22.2. The number of ketones is 2. The smallest absolute Gasteiger partial charge is 0.195 e. The lowest BCUT2D eigenvalue weighted by Gasteiger charge is -1.94. The van der Waals surface area contributed by atoms with Crippen LogP contribution in [0, 0.1) is 13.8 Å². The average Bonchev–Trinajstić information content (AvgIpc) is 3.25. The summed E-state index contributed by atoms with van der Waals surface area (Å²) in [5, 5.41) is 2.05. The topological polar surface area (TPSA) is 60.4 Å². The molecule has 0 amide bonds. The molecule has 0 N–H and O–H groups in total. The lowest BCUT2D eigenvalue weighted by atomic mass is 10.1. The maximum Gasteiger partial charge on any atom is 0.195 e. The molecule has 4 aromatic rings. The van der Waals surface area contributed by atoms with Crippen LogP contribution in [0.5, 0.6) is 0 Å². The molecule has 30 heavy (non-hydrogen) atoms. The summed E-state index contributed by atoms with van der Waals surface area (Å²) >= 11 is 3.32. The lowest BCUT2D eigenvalue weighted by Crippen LogP contribution is -1.90. The number of hydrogen-bond acceptors (Lipinski definition) is 6. The molecular formula is C24H24O4S2. The second-order valence-electron chi connectivity index (χ2n) is 6.95. The van der Waals surface area contributed by atoms with Crippen LogP contribution in [0.1, 0.15) is 46.1 Å². The molecule has 0 unspecified atom stereocenters. The highest BCUT2D eigenvalue weighted by molar-refractivity contribution is 7.98. The first-order chi connectivity index (χ1) is 14.3. The summed E-state index contributed by atoms with van der Waals surface area (Å²) in [5.41, 5.74) is 3.46. The van der Waals surface area contributed by atoms with E-state index in [4.69, 9.17) is 8.83 Å². The summed E-state index contributed by atoms with van der Waals surface area (Å²) in [5.74, 6) is 0.912. The fraction of sp³-hybridized carbons (Fsp3) is 0.250. The molecule has 0 spiro atoms. The van der Waals surface area contributed by atoms with E-state index < -0.39 is 0 Å². The molecule has 0 fully saturated rings. The van der Waals surface area contributed by atoms with Crippen molar-refractivity contribution in [2.45, 2.75) is 37.5 Å². The van der Waals surface area contributed by atoms with E-state index in [2.05, 4.69) is 0 Å². The standard InChI is InChI=1S/2C12H12O2S/c2*1-7-10-5-4-9(15-3)6-11(10)14-12(7)8(2)13/h2*4-6H,1-3H3. The van der Waals surface area contributed by atoms with Gasteiger partial charge < -0.3 is 8.83 Å². The third-order valence-corrected chi connectivity index (χ3v) is 6.38. The Balaban J connectivity index is 0.000000171. The van der Waals surface area contributed by atoms with Crippen LogP contribution in [0.25, 0.3) is 21.9 Å². The van der Waals surface area contributed by atoms with Gasteiger partial charge in [-0.1, -0.05) is 0 Å². The van der Waals surface area contributed by atoms with Crippen molar-refractivity contribution in [3.05, 3.63) is 59.0 Å². The molecule has 2 aromatic heterocycles. The molecule has 0 saturated carbocycles. The van der Waals surface area contributed by atoms with Crippen LogP contribution >= 0.6 is 23.5 Å². The summed E-state index contributed by atoms with van der Waals surface area (Å²) < 4.78 is 11.1. The van der Waals surface area contributed by atoms with Crippen LogP contribution in [0.3, 0.4) is 0 Å². The van der Waals surface area contributed by atoms with Gasteiger partial charge in [0.15, 0.2) is 23.1 Å². The molecule has 156 valence electrons. The van der Waals surface area contributed by atoms with Crippen molar-refractivity contribution in [1.29, 1.82) is 0 Å². The molecule has 0 aliphatic rings. The van der Waals surface area contributed by atoms with E-state index in [0.29, 0.717) is 11.5 Å². The lowest BCUT2D eigenvalue weighted by molar-refractivity contribution is 0.0981. The monoisotopic (exact) mass is 440 g/mol. The fourth-order valence-electron chi connectivity index (χ4n) is 3.34. The van der Waals surface area contributed by atoms with Crippen molar-refractivity contribution in [1.82, 2.24) is 0 Å². The van der Waals surface area contributed by atoms with Gasteiger partial charge in [-0.25, -0.2) is 0 Å². The fourth-order valence-corrected chi connectivity index (χ4v) is 4.20. The average molecular weight is 441 g/mol. The Morgan fingerprint density at radius 3 is 1.37 bits per heavy atom. The summed E-state index contributed by atoms with van der Waals surface area (Å²) in [4.78, 5) is 24.9. The minimum absolute atomic E-state index is 0.0191. The summed E-state index contributed by atoms with van der Waals surface area (Å²) in [7, 11) is 0. The van der Waals surface area contributed by atoms with E-state index in [1.165, 1.54) is 13.8 Å². The van der Waals surface area contributed by atoms with Gasteiger partial charge in [-0.05, 0) is 62.8 Å². The summed E-state index contributed by atoms with van der Waals surface area (Å²) in [6, 6.07) is 12.0. The minimum atomic E-state index is -0.0191. The zero-order chi connectivity index (χ0) is 22.0. The van der Waals surface area contributed by atoms with Crippen molar-refractivity contribution in [2.24, 2.45) is 0 Å². The Morgan fingerprint density at radius 2 is 1.07 bits per heavy atom. The van der Waals surface area contributed by atoms with Crippen molar-refractivity contribution in [2.75, 3.05) is 12.5 Å². The van der Waals surface area contributed by atoms with Crippen LogP contribution in [-0.2, 0) is 0 Å². The number of furan rings is 2. The molecule has 0 aliphatic heterocycles. The molecular weight excluding hydrogens is 416 g/mol. The maximum absolute atomic E-state index is 11.3. The van der Waals surface area contributed by atoms with Crippen LogP contribution in [0.4, 0.5) is 0 Å². The van der Waals surface area contributed by atoms with Gasteiger partial charge in [-0.15, -0.1) is 23.5 Å². The third-order valence-electron chi connectivity index (χ3n) is 4.93. The molecule has 6 heteroatoms. The SMILES string of the molecule is CSc1ccc2c(C)c(C(C)=O)oc2c1.CSc1ccc2c(C)c(C(C)=O)oc2c1.